The van der Waals surface area contributed by atoms with E-state index in [1.165, 1.54) is 0 Å². The van der Waals surface area contributed by atoms with E-state index in [0.29, 0.717) is 31.1 Å². The standard InChI is InChI=1S/C17H27NO4S/c1-13-10-14(2)17(15(3)11-13)23(19,20)18-7-5-8-21-12-16-6-4-9-22-16/h10-11,16,18H,4-9,12H2,1-3H3. The van der Waals surface area contributed by atoms with Crippen molar-refractivity contribution >= 4 is 10.0 Å². The molecule has 1 N–H and O–H groups in total. The number of benzene rings is 1. The first-order valence-electron chi connectivity index (χ1n) is 8.17. The lowest BCUT2D eigenvalue weighted by Gasteiger charge is -2.13. The van der Waals surface area contributed by atoms with Gasteiger partial charge in [-0.2, -0.15) is 0 Å². The van der Waals surface area contributed by atoms with E-state index in [1.54, 1.807) is 0 Å². The van der Waals surface area contributed by atoms with Crippen molar-refractivity contribution in [3.63, 3.8) is 0 Å². The number of rotatable bonds is 8. The highest BCUT2D eigenvalue weighted by atomic mass is 32.2. The van der Waals surface area contributed by atoms with Gasteiger partial charge >= 0.3 is 0 Å². The van der Waals surface area contributed by atoms with Gasteiger partial charge in [0.1, 0.15) is 0 Å². The Balaban J connectivity index is 1.78. The average Bonchev–Trinajstić information content (AvgIpc) is 2.94. The summed E-state index contributed by atoms with van der Waals surface area (Å²) in [5, 5.41) is 0. The molecule has 0 radical (unpaired) electrons. The summed E-state index contributed by atoms with van der Waals surface area (Å²) >= 11 is 0. The molecule has 1 fully saturated rings. The summed E-state index contributed by atoms with van der Waals surface area (Å²) in [6.07, 6.45) is 3.02. The van der Waals surface area contributed by atoms with Crippen LogP contribution >= 0.6 is 0 Å². The van der Waals surface area contributed by atoms with Gasteiger partial charge in [0.25, 0.3) is 0 Å². The number of hydrogen-bond donors (Lipinski definition) is 1. The normalized spacial score (nSPS) is 18.5. The Labute approximate surface area is 139 Å². The number of hydrogen-bond acceptors (Lipinski definition) is 4. The van der Waals surface area contributed by atoms with Crippen molar-refractivity contribution in [3.8, 4) is 0 Å². The number of aryl methyl sites for hydroxylation is 3. The molecule has 1 saturated heterocycles. The van der Waals surface area contributed by atoms with Crippen LogP contribution in [0.3, 0.4) is 0 Å². The van der Waals surface area contributed by atoms with Gasteiger partial charge in [0.15, 0.2) is 0 Å². The van der Waals surface area contributed by atoms with Crippen LogP contribution in [0.4, 0.5) is 0 Å². The van der Waals surface area contributed by atoms with E-state index in [1.807, 2.05) is 32.9 Å². The summed E-state index contributed by atoms with van der Waals surface area (Å²) < 4.78 is 38.6. The summed E-state index contributed by atoms with van der Waals surface area (Å²) in [7, 11) is -3.47. The molecule has 1 heterocycles. The topological polar surface area (TPSA) is 64.6 Å². The Hall–Kier alpha value is -0.950. The molecule has 5 nitrogen and oxygen atoms in total. The highest BCUT2D eigenvalue weighted by Crippen LogP contribution is 2.21. The average molecular weight is 341 g/mol. The first-order chi connectivity index (χ1) is 10.9. The molecular formula is C17H27NO4S. The minimum Gasteiger partial charge on any atom is -0.379 e. The van der Waals surface area contributed by atoms with Crippen molar-refractivity contribution in [1.29, 1.82) is 0 Å². The summed E-state index contributed by atoms with van der Waals surface area (Å²) in [6, 6.07) is 3.79. The Bertz CT molecular complexity index is 598. The Morgan fingerprint density at radius 3 is 2.57 bits per heavy atom. The van der Waals surface area contributed by atoms with Gasteiger partial charge in [0.05, 0.1) is 17.6 Å². The Kier molecular flexibility index (Phi) is 6.59. The fourth-order valence-corrected chi connectivity index (χ4v) is 4.56. The Morgan fingerprint density at radius 1 is 1.26 bits per heavy atom. The zero-order valence-electron chi connectivity index (χ0n) is 14.2. The van der Waals surface area contributed by atoms with Gasteiger partial charge in [0.2, 0.25) is 10.0 Å². The lowest BCUT2D eigenvalue weighted by atomic mass is 10.1. The number of nitrogens with one attached hydrogen (secondary N) is 1. The molecule has 0 aliphatic carbocycles. The lowest BCUT2D eigenvalue weighted by Crippen LogP contribution is -2.27. The molecule has 1 unspecified atom stereocenters. The molecule has 1 aliphatic heterocycles. The molecule has 0 bridgehead atoms. The SMILES string of the molecule is Cc1cc(C)c(S(=O)(=O)NCCCOCC2CCCO2)c(C)c1. The van der Waals surface area contributed by atoms with Crippen LogP contribution in [0.1, 0.15) is 36.0 Å². The van der Waals surface area contributed by atoms with Gasteiger partial charge in [0, 0.05) is 19.8 Å². The van der Waals surface area contributed by atoms with Crippen LogP contribution in [0, 0.1) is 20.8 Å². The summed E-state index contributed by atoms with van der Waals surface area (Å²) in [6.45, 7) is 7.97. The minimum absolute atomic E-state index is 0.213. The molecule has 0 aromatic heterocycles. The van der Waals surface area contributed by atoms with E-state index in [4.69, 9.17) is 9.47 Å². The second-order valence-corrected chi connectivity index (χ2v) is 7.89. The first-order valence-corrected chi connectivity index (χ1v) is 9.65. The van der Waals surface area contributed by atoms with Crippen LogP contribution < -0.4 is 4.72 Å². The predicted octanol–water partition coefficient (Wildman–Crippen LogP) is 2.48. The predicted molar refractivity (Wildman–Crippen MR) is 90.3 cm³/mol. The van der Waals surface area contributed by atoms with Gasteiger partial charge in [-0.05, 0) is 51.2 Å². The van der Waals surface area contributed by atoms with E-state index in [9.17, 15) is 8.42 Å². The molecule has 130 valence electrons. The van der Waals surface area contributed by atoms with Crippen molar-refractivity contribution in [1.82, 2.24) is 4.72 Å². The molecule has 1 aliphatic rings. The Morgan fingerprint density at radius 2 is 1.96 bits per heavy atom. The number of sulfonamides is 1. The van der Waals surface area contributed by atoms with Crippen molar-refractivity contribution in [3.05, 3.63) is 28.8 Å². The smallest absolute Gasteiger partial charge is 0.241 e. The maximum atomic E-state index is 12.5. The molecule has 0 saturated carbocycles. The van der Waals surface area contributed by atoms with E-state index in [-0.39, 0.29) is 6.10 Å². The molecule has 0 amide bonds. The van der Waals surface area contributed by atoms with Crippen LogP contribution in [0.2, 0.25) is 0 Å². The zero-order valence-corrected chi connectivity index (χ0v) is 15.0. The third-order valence-electron chi connectivity index (χ3n) is 3.96. The fraction of sp³-hybridized carbons (Fsp3) is 0.647. The molecule has 1 atom stereocenters. The first kappa shape index (κ1) is 18.4. The highest BCUT2D eigenvalue weighted by Gasteiger charge is 2.19. The van der Waals surface area contributed by atoms with Gasteiger partial charge in [-0.1, -0.05) is 17.7 Å². The van der Waals surface area contributed by atoms with Gasteiger partial charge < -0.3 is 9.47 Å². The van der Waals surface area contributed by atoms with E-state index >= 15 is 0 Å². The summed E-state index contributed by atoms with van der Waals surface area (Å²) in [4.78, 5) is 0.392. The highest BCUT2D eigenvalue weighted by molar-refractivity contribution is 7.89. The second kappa shape index (κ2) is 8.24. The van der Waals surface area contributed by atoms with Crippen LogP contribution in [0.25, 0.3) is 0 Å². The van der Waals surface area contributed by atoms with Crippen molar-refractivity contribution < 1.29 is 17.9 Å². The zero-order chi connectivity index (χ0) is 16.9. The van der Waals surface area contributed by atoms with Crippen LogP contribution in [0.5, 0.6) is 0 Å². The third-order valence-corrected chi connectivity index (χ3v) is 5.72. The van der Waals surface area contributed by atoms with Crippen molar-refractivity contribution in [2.24, 2.45) is 0 Å². The van der Waals surface area contributed by atoms with Gasteiger partial charge in [-0.25, -0.2) is 13.1 Å². The number of ether oxygens (including phenoxy) is 2. The molecule has 6 heteroatoms. The van der Waals surface area contributed by atoms with Crippen LogP contribution in [0.15, 0.2) is 17.0 Å². The van der Waals surface area contributed by atoms with E-state index in [2.05, 4.69) is 4.72 Å². The summed E-state index contributed by atoms with van der Waals surface area (Å²) in [5.74, 6) is 0. The quantitative estimate of drug-likeness (QED) is 0.738. The maximum absolute atomic E-state index is 12.5. The largest absolute Gasteiger partial charge is 0.379 e. The van der Waals surface area contributed by atoms with Crippen LogP contribution in [-0.4, -0.2) is 40.9 Å². The van der Waals surface area contributed by atoms with Gasteiger partial charge in [-0.15, -0.1) is 0 Å². The van der Waals surface area contributed by atoms with E-state index in [0.717, 1.165) is 36.1 Å². The summed E-state index contributed by atoms with van der Waals surface area (Å²) in [5.41, 5.74) is 2.63. The second-order valence-electron chi connectivity index (χ2n) is 6.19. The fourth-order valence-electron chi connectivity index (χ4n) is 3.03. The lowest BCUT2D eigenvalue weighted by molar-refractivity contribution is 0.0169. The molecule has 1 aromatic rings. The molecule has 1 aromatic carbocycles. The van der Waals surface area contributed by atoms with Crippen molar-refractivity contribution in [2.45, 2.75) is 51.0 Å². The van der Waals surface area contributed by atoms with Gasteiger partial charge in [-0.3, -0.25) is 0 Å². The molecule has 0 spiro atoms. The van der Waals surface area contributed by atoms with E-state index < -0.39 is 10.0 Å². The maximum Gasteiger partial charge on any atom is 0.241 e. The van der Waals surface area contributed by atoms with Crippen molar-refractivity contribution in [2.75, 3.05) is 26.4 Å². The molecule has 2 rings (SSSR count). The molecular weight excluding hydrogens is 314 g/mol. The molecule has 23 heavy (non-hydrogen) atoms. The minimum atomic E-state index is -3.47. The van der Waals surface area contributed by atoms with Crippen LogP contribution in [-0.2, 0) is 19.5 Å². The monoisotopic (exact) mass is 341 g/mol. The third kappa shape index (κ3) is 5.28.